The molecule has 4 nitrogen and oxygen atoms in total. The molecule has 0 aliphatic rings. The van der Waals surface area contributed by atoms with Gasteiger partial charge < -0.3 is 10.4 Å². The normalized spacial score (nSPS) is 10.6. The first-order valence-electron chi connectivity index (χ1n) is 8.11. The van der Waals surface area contributed by atoms with E-state index in [0.717, 1.165) is 12.0 Å². The lowest BCUT2D eigenvalue weighted by atomic mass is 10.0. The predicted octanol–water partition coefficient (Wildman–Crippen LogP) is 3.69. The summed E-state index contributed by atoms with van der Waals surface area (Å²) in [5.41, 5.74) is 3.36. The zero-order valence-electron chi connectivity index (χ0n) is 14.1. The highest BCUT2D eigenvalue weighted by Crippen LogP contribution is 2.17. The first-order chi connectivity index (χ1) is 11.4. The number of amides is 1. The second-order valence-electron chi connectivity index (χ2n) is 6.37. The van der Waals surface area contributed by atoms with Crippen LogP contribution in [0.2, 0.25) is 0 Å². The van der Waals surface area contributed by atoms with Crippen LogP contribution in [0.5, 0.6) is 0 Å². The van der Waals surface area contributed by atoms with Gasteiger partial charge in [0.25, 0.3) is 0 Å². The maximum absolute atomic E-state index is 12.2. The van der Waals surface area contributed by atoms with Gasteiger partial charge in [-0.2, -0.15) is 0 Å². The number of carbonyl (C=O) groups is 2. The summed E-state index contributed by atoms with van der Waals surface area (Å²) in [7, 11) is 0. The summed E-state index contributed by atoms with van der Waals surface area (Å²) in [5.74, 6) is -0.466. The van der Waals surface area contributed by atoms with E-state index in [1.165, 1.54) is 5.56 Å². The molecule has 0 radical (unpaired) electrons. The summed E-state index contributed by atoms with van der Waals surface area (Å²) in [4.78, 5) is 23.1. The number of carboxylic acid groups (broad SMARTS) is 1. The van der Waals surface area contributed by atoms with Gasteiger partial charge in [-0.25, -0.2) is 0 Å². The minimum absolute atomic E-state index is 0.111. The van der Waals surface area contributed by atoms with Crippen LogP contribution in [0.3, 0.4) is 0 Å². The van der Waals surface area contributed by atoms with Crippen molar-refractivity contribution in [2.24, 2.45) is 5.92 Å². The molecule has 4 heteroatoms. The molecule has 24 heavy (non-hydrogen) atoms. The van der Waals surface area contributed by atoms with Crippen molar-refractivity contribution in [2.45, 2.75) is 33.1 Å². The number of benzene rings is 2. The van der Waals surface area contributed by atoms with Gasteiger partial charge in [0.2, 0.25) is 5.91 Å². The molecule has 2 N–H and O–H groups in total. The Morgan fingerprint density at radius 2 is 1.58 bits per heavy atom. The molecule has 126 valence electrons. The maximum atomic E-state index is 12.2. The van der Waals surface area contributed by atoms with Crippen LogP contribution in [-0.2, 0) is 28.9 Å². The van der Waals surface area contributed by atoms with Crippen LogP contribution in [-0.4, -0.2) is 17.0 Å². The number of rotatable bonds is 7. The van der Waals surface area contributed by atoms with Crippen molar-refractivity contribution in [3.63, 3.8) is 0 Å². The number of hydrogen-bond donors (Lipinski definition) is 2. The first kappa shape index (κ1) is 17.7. The SMILES string of the molecule is CC(C)Cc1ccc(CC(=O)Nc2ccccc2CC(=O)O)cc1. The van der Waals surface area contributed by atoms with E-state index in [1.807, 2.05) is 12.1 Å². The van der Waals surface area contributed by atoms with E-state index >= 15 is 0 Å². The fourth-order valence-electron chi connectivity index (χ4n) is 2.60. The van der Waals surface area contributed by atoms with Gasteiger partial charge in [-0.1, -0.05) is 56.3 Å². The Labute approximate surface area is 142 Å². The van der Waals surface area contributed by atoms with E-state index in [1.54, 1.807) is 24.3 Å². The smallest absolute Gasteiger partial charge is 0.307 e. The summed E-state index contributed by atoms with van der Waals surface area (Å²) in [6.45, 7) is 4.35. The lowest BCUT2D eigenvalue weighted by Gasteiger charge is -2.10. The number of hydrogen-bond acceptors (Lipinski definition) is 2. The third kappa shape index (κ3) is 5.54. The molecule has 0 bridgehead atoms. The topological polar surface area (TPSA) is 66.4 Å². The molecule has 0 unspecified atom stereocenters. The number of anilines is 1. The number of carboxylic acids is 1. The standard InChI is InChI=1S/C20H23NO3/c1-14(2)11-15-7-9-16(10-8-15)12-19(22)21-18-6-4-3-5-17(18)13-20(23)24/h3-10,14H,11-13H2,1-2H3,(H,21,22)(H,23,24). The quantitative estimate of drug-likeness (QED) is 0.816. The molecule has 0 aliphatic heterocycles. The van der Waals surface area contributed by atoms with Crippen LogP contribution >= 0.6 is 0 Å². The summed E-state index contributed by atoms with van der Waals surface area (Å²) < 4.78 is 0. The molecule has 2 rings (SSSR count). The summed E-state index contributed by atoms with van der Waals surface area (Å²) in [6, 6.07) is 15.0. The summed E-state index contributed by atoms with van der Waals surface area (Å²) in [6.07, 6.45) is 1.18. The van der Waals surface area contributed by atoms with Gasteiger partial charge >= 0.3 is 5.97 Å². The maximum Gasteiger partial charge on any atom is 0.307 e. The van der Waals surface area contributed by atoms with Crippen LogP contribution in [0.4, 0.5) is 5.69 Å². The Kier molecular flexibility index (Phi) is 6.13. The fourth-order valence-corrected chi connectivity index (χ4v) is 2.60. The van der Waals surface area contributed by atoms with Gasteiger partial charge in [-0.3, -0.25) is 9.59 Å². The summed E-state index contributed by atoms with van der Waals surface area (Å²) in [5, 5.41) is 11.7. The van der Waals surface area contributed by atoms with Crippen molar-refractivity contribution in [1.82, 2.24) is 0 Å². The number of aliphatic carboxylic acids is 1. The van der Waals surface area contributed by atoms with Crippen molar-refractivity contribution in [1.29, 1.82) is 0 Å². The molecular weight excluding hydrogens is 302 g/mol. The van der Waals surface area contributed by atoms with Gasteiger partial charge in [0.05, 0.1) is 12.8 Å². The fraction of sp³-hybridized carbons (Fsp3) is 0.300. The molecule has 0 aromatic heterocycles. The predicted molar refractivity (Wildman–Crippen MR) is 95.1 cm³/mol. The lowest BCUT2D eigenvalue weighted by Crippen LogP contribution is -2.16. The monoisotopic (exact) mass is 325 g/mol. The number of para-hydroxylation sites is 1. The molecule has 0 saturated heterocycles. The van der Waals surface area contributed by atoms with Gasteiger partial charge in [0.15, 0.2) is 0 Å². The molecule has 0 heterocycles. The van der Waals surface area contributed by atoms with Crippen molar-refractivity contribution in [3.05, 3.63) is 65.2 Å². The molecule has 0 spiro atoms. The van der Waals surface area contributed by atoms with Crippen molar-refractivity contribution in [2.75, 3.05) is 5.32 Å². The van der Waals surface area contributed by atoms with Gasteiger partial charge in [-0.15, -0.1) is 0 Å². The van der Waals surface area contributed by atoms with Crippen molar-refractivity contribution >= 4 is 17.6 Å². The summed E-state index contributed by atoms with van der Waals surface area (Å²) >= 11 is 0. The van der Waals surface area contributed by atoms with Crippen LogP contribution in [0.1, 0.15) is 30.5 Å². The molecule has 0 atom stereocenters. The van der Waals surface area contributed by atoms with Crippen LogP contribution in [0, 0.1) is 5.92 Å². The minimum atomic E-state index is -0.919. The van der Waals surface area contributed by atoms with Crippen LogP contribution < -0.4 is 5.32 Å². The third-order valence-corrected chi connectivity index (χ3v) is 3.66. The highest BCUT2D eigenvalue weighted by Gasteiger charge is 2.10. The highest BCUT2D eigenvalue weighted by molar-refractivity contribution is 5.93. The minimum Gasteiger partial charge on any atom is -0.481 e. The second kappa shape index (κ2) is 8.29. The Morgan fingerprint density at radius 3 is 2.21 bits per heavy atom. The van der Waals surface area contributed by atoms with E-state index in [2.05, 4.69) is 31.3 Å². The molecule has 0 saturated carbocycles. The van der Waals surface area contributed by atoms with Gasteiger partial charge in [0.1, 0.15) is 0 Å². The Hall–Kier alpha value is -2.62. The second-order valence-corrected chi connectivity index (χ2v) is 6.37. The zero-order chi connectivity index (χ0) is 17.5. The van der Waals surface area contributed by atoms with Crippen LogP contribution in [0.25, 0.3) is 0 Å². The number of carbonyl (C=O) groups excluding carboxylic acids is 1. The van der Waals surface area contributed by atoms with E-state index in [0.29, 0.717) is 17.2 Å². The molecule has 0 aliphatic carbocycles. The Morgan fingerprint density at radius 1 is 0.958 bits per heavy atom. The van der Waals surface area contributed by atoms with Crippen molar-refractivity contribution in [3.8, 4) is 0 Å². The van der Waals surface area contributed by atoms with Crippen LogP contribution in [0.15, 0.2) is 48.5 Å². The highest BCUT2D eigenvalue weighted by atomic mass is 16.4. The van der Waals surface area contributed by atoms with E-state index in [4.69, 9.17) is 5.11 Å². The zero-order valence-corrected chi connectivity index (χ0v) is 14.1. The third-order valence-electron chi connectivity index (χ3n) is 3.66. The number of nitrogens with one attached hydrogen (secondary N) is 1. The van der Waals surface area contributed by atoms with E-state index in [9.17, 15) is 9.59 Å². The average Bonchev–Trinajstić information content (AvgIpc) is 2.50. The molecule has 1 amide bonds. The lowest BCUT2D eigenvalue weighted by molar-refractivity contribution is -0.136. The first-order valence-corrected chi connectivity index (χ1v) is 8.11. The van der Waals surface area contributed by atoms with Gasteiger partial charge in [0, 0.05) is 5.69 Å². The van der Waals surface area contributed by atoms with E-state index in [-0.39, 0.29) is 18.7 Å². The molecule has 0 fully saturated rings. The van der Waals surface area contributed by atoms with E-state index < -0.39 is 5.97 Å². The molecule has 2 aromatic rings. The van der Waals surface area contributed by atoms with Gasteiger partial charge in [-0.05, 0) is 35.1 Å². The Balaban J connectivity index is 1.99. The van der Waals surface area contributed by atoms with Crippen molar-refractivity contribution < 1.29 is 14.7 Å². The average molecular weight is 325 g/mol. The Bertz CT molecular complexity index is 705. The molecule has 2 aromatic carbocycles. The largest absolute Gasteiger partial charge is 0.481 e. The molecular formula is C20H23NO3.